The van der Waals surface area contributed by atoms with Gasteiger partial charge in [0.15, 0.2) is 0 Å². The molecule has 0 aliphatic heterocycles. The van der Waals surface area contributed by atoms with Crippen molar-refractivity contribution in [3.8, 4) is 0 Å². The Morgan fingerprint density at radius 1 is 1.35 bits per heavy atom. The van der Waals surface area contributed by atoms with Crippen LogP contribution in [0.4, 0.5) is 15.2 Å². The number of nitrogens with zero attached hydrogens (tertiary/aromatic N) is 2. The molecule has 17 heavy (non-hydrogen) atoms. The standard InChI is InChI=1S/C12H14FN3S/c1-8-11(14)15-17-12(8)16(2)7-9-3-5-10(13)6-4-9/h3-6H,7H2,1-2H3,(H2,14,15). The van der Waals surface area contributed by atoms with E-state index in [-0.39, 0.29) is 5.82 Å². The van der Waals surface area contributed by atoms with Gasteiger partial charge in [-0.15, -0.1) is 0 Å². The van der Waals surface area contributed by atoms with Crippen LogP contribution in [0.5, 0.6) is 0 Å². The van der Waals surface area contributed by atoms with Crippen molar-refractivity contribution < 1.29 is 4.39 Å². The minimum atomic E-state index is -0.213. The molecule has 0 aliphatic carbocycles. The van der Waals surface area contributed by atoms with Crippen LogP contribution in [0, 0.1) is 12.7 Å². The van der Waals surface area contributed by atoms with Crippen LogP contribution in [0.2, 0.25) is 0 Å². The summed E-state index contributed by atoms with van der Waals surface area (Å²) in [4.78, 5) is 2.07. The third kappa shape index (κ3) is 2.55. The molecule has 1 aromatic carbocycles. The molecule has 0 radical (unpaired) electrons. The molecular weight excluding hydrogens is 237 g/mol. The predicted molar refractivity (Wildman–Crippen MR) is 69.8 cm³/mol. The second kappa shape index (κ2) is 4.71. The summed E-state index contributed by atoms with van der Waals surface area (Å²) in [6.45, 7) is 2.66. The first-order valence-corrected chi connectivity index (χ1v) is 6.02. The highest BCUT2D eigenvalue weighted by Crippen LogP contribution is 2.29. The molecule has 0 unspecified atom stereocenters. The molecule has 0 saturated carbocycles. The third-order valence-corrected chi connectivity index (χ3v) is 3.69. The van der Waals surface area contributed by atoms with Gasteiger partial charge in [-0.25, -0.2) is 4.39 Å². The van der Waals surface area contributed by atoms with E-state index in [1.54, 1.807) is 12.1 Å². The molecule has 1 heterocycles. The maximum absolute atomic E-state index is 12.8. The monoisotopic (exact) mass is 251 g/mol. The highest BCUT2D eigenvalue weighted by molar-refractivity contribution is 7.10. The van der Waals surface area contributed by atoms with Gasteiger partial charge in [-0.3, -0.25) is 0 Å². The smallest absolute Gasteiger partial charge is 0.142 e. The molecule has 90 valence electrons. The van der Waals surface area contributed by atoms with Crippen molar-refractivity contribution in [1.29, 1.82) is 0 Å². The minimum Gasteiger partial charge on any atom is -0.383 e. The van der Waals surface area contributed by atoms with E-state index >= 15 is 0 Å². The summed E-state index contributed by atoms with van der Waals surface area (Å²) < 4.78 is 16.9. The van der Waals surface area contributed by atoms with Crippen LogP contribution in [0.25, 0.3) is 0 Å². The van der Waals surface area contributed by atoms with Crippen LogP contribution in [-0.2, 0) is 6.54 Å². The molecule has 0 spiro atoms. The number of aromatic nitrogens is 1. The number of rotatable bonds is 3. The van der Waals surface area contributed by atoms with Crippen molar-refractivity contribution in [1.82, 2.24) is 4.37 Å². The molecule has 5 heteroatoms. The average Bonchev–Trinajstić information content (AvgIpc) is 2.63. The molecular formula is C12H14FN3S. The molecule has 2 aromatic rings. The zero-order chi connectivity index (χ0) is 12.4. The Bertz CT molecular complexity index is 507. The van der Waals surface area contributed by atoms with Gasteiger partial charge in [-0.2, -0.15) is 4.37 Å². The second-order valence-electron chi connectivity index (χ2n) is 3.98. The summed E-state index contributed by atoms with van der Waals surface area (Å²) in [5.41, 5.74) is 7.77. The molecule has 0 amide bonds. The van der Waals surface area contributed by atoms with Gasteiger partial charge in [0.2, 0.25) is 0 Å². The third-order valence-electron chi connectivity index (χ3n) is 2.62. The Morgan fingerprint density at radius 3 is 2.53 bits per heavy atom. The van der Waals surface area contributed by atoms with Gasteiger partial charge in [0.05, 0.1) is 0 Å². The summed E-state index contributed by atoms with van der Waals surface area (Å²) in [6.07, 6.45) is 0. The van der Waals surface area contributed by atoms with Gasteiger partial charge in [0, 0.05) is 19.2 Å². The first kappa shape index (κ1) is 11.9. The number of anilines is 2. The summed E-state index contributed by atoms with van der Waals surface area (Å²) in [6, 6.07) is 6.51. The van der Waals surface area contributed by atoms with E-state index in [0.29, 0.717) is 12.4 Å². The Hall–Kier alpha value is -1.62. The number of benzene rings is 1. The first-order chi connectivity index (χ1) is 8.08. The number of nitrogen functional groups attached to an aromatic ring is 1. The van der Waals surface area contributed by atoms with E-state index in [9.17, 15) is 4.39 Å². The summed E-state index contributed by atoms with van der Waals surface area (Å²) >= 11 is 1.38. The summed E-state index contributed by atoms with van der Waals surface area (Å²) in [7, 11) is 1.98. The Labute approximate surface area is 104 Å². The quantitative estimate of drug-likeness (QED) is 0.912. The minimum absolute atomic E-state index is 0.213. The molecule has 0 fully saturated rings. The molecule has 1 aromatic heterocycles. The van der Waals surface area contributed by atoms with E-state index in [1.165, 1.54) is 23.7 Å². The van der Waals surface area contributed by atoms with Crippen molar-refractivity contribution >= 4 is 22.4 Å². The van der Waals surface area contributed by atoms with Gasteiger partial charge in [-0.05, 0) is 36.2 Å². The van der Waals surface area contributed by atoms with Gasteiger partial charge in [0.1, 0.15) is 16.6 Å². The number of nitrogens with two attached hydrogens (primary N) is 1. The Morgan fingerprint density at radius 2 is 2.00 bits per heavy atom. The highest BCUT2D eigenvalue weighted by Gasteiger charge is 2.11. The van der Waals surface area contributed by atoms with Crippen molar-refractivity contribution in [2.75, 3.05) is 17.7 Å². The number of hydrogen-bond acceptors (Lipinski definition) is 4. The van der Waals surface area contributed by atoms with E-state index in [0.717, 1.165) is 16.1 Å². The Balaban J connectivity index is 2.14. The van der Waals surface area contributed by atoms with Crippen LogP contribution in [0.15, 0.2) is 24.3 Å². The molecule has 2 N–H and O–H groups in total. The maximum Gasteiger partial charge on any atom is 0.142 e. The van der Waals surface area contributed by atoms with Crippen molar-refractivity contribution in [2.24, 2.45) is 0 Å². The van der Waals surface area contributed by atoms with Gasteiger partial charge in [0.25, 0.3) is 0 Å². The van der Waals surface area contributed by atoms with E-state index in [4.69, 9.17) is 5.73 Å². The lowest BCUT2D eigenvalue weighted by atomic mass is 10.2. The summed E-state index contributed by atoms with van der Waals surface area (Å²) in [5.74, 6) is 0.366. The molecule has 0 saturated heterocycles. The fourth-order valence-corrected chi connectivity index (χ4v) is 2.40. The van der Waals surface area contributed by atoms with Gasteiger partial charge >= 0.3 is 0 Å². The van der Waals surface area contributed by atoms with Crippen molar-refractivity contribution in [3.63, 3.8) is 0 Å². The maximum atomic E-state index is 12.8. The topological polar surface area (TPSA) is 42.1 Å². The van der Waals surface area contributed by atoms with Crippen molar-refractivity contribution in [2.45, 2.75) is 13.5 Å². The molecule has 0 aliphatic rings. The number of halogens is 1. The molecule has 0 atom stereocenters. The van der Waals surface area contributed by atoms with Crippen LogP contribution in [-0.4, -0.2) is 11.4 Å². The average molecular weight is 251 g/mol. The first-order valence-electron chi connectivity index (χ1n) is 5.25. The SMILES string of the molecule is Cc1c(N)nsc1N(C)Cc1ccc(F)cc1. The van der Waals surface area contributed by atoms with Crippen LogP contribution in [0.1, 0.15) is 11.1 Å². The van der Waals surface area contributed by atoms with E-state index in [2.05, 4.69) is 9.27 Å². The van der Waals surface area contributed by atoms with E-state index < -0.39 is 0 Å². The van der Waals surface area contributed by atoms with Crippen LogP contribution in [0.3, 0.4) is 0 Å². The highest BCUT2D eigenvalue weighted by atomic mass is 32.1. The summed E-state index contributed by atoms with van der Waals surface area (Å²) in [5, 5.41) is 1.05. The molecule has 3 nitrogen and oxygen atoms in total. The predicted octanol–water partition coefficient (Wildman–Crippen LogP) is 2.81. The number of hydrogen-bond donors (Lipinski definition) is 1. The molecule has 2 rings (SSSR count). The zero-order valence-corrected chi connectivity index (χ0v) is 10.6. The lowest BCUT2D eigenvalue weighted by Crippen LogP contribution is -2.16. The van der Waals surface area contributed by atoms with Gasteiger partial charge < -0.3 is 10.6 Å². The van der Waals surface area contributed by atoms with E-state index in [1.807, 2.05) is 14.0 Å². The fourth-order valence-electron chi connectivity index (χ4n) is 1.63. The zero-order valence-electron chi connectivity index (χ0n) is 9.77. The fraction of sp³-hybridized carbons (Fsp3) is 0.250. The lowest BCUT2D eigenvalue weighted by Gasteiger charge is -2.17. The molecule has 0 bridgehead atoms. The van der Waals surface area contributed by atoms with Crippen LogP contribution < -0.4 is 10.6 Å². The largest absolute Gasteiger partial charge is 0.383 e. The van der Waals surface area contributed by atoms with Crippen LogP contribution >= 0.6 is 11.5 Å². The normalized spacial score (nSPS) is 10.5. The van der Waals surface area contributed by atoms with Crippen molar-refractivity contribution in [3.05, 3.63) is 41.2 Å². The lowest BCUT2D eigenvalue weighted by molar-refractivity contribution is 0.627. The van der Waals surface area contributed by atoms with Gasteiger partial charge in [-0.1, -0.05) is 12.1 Å². The Kier molecular flexibility index (Phi) is 3.28. The second-order valence-corrected chi connectivity index (χ2v) is 4.73.